The molecule has 1 fully saturated rings. The topological polar surface area (TPSA) is 75.2 Å². The predicted octanol–water partition coefficient (Wildman–Crippen LogP) is 0.275. The molecule has 2 atom stereocenters. The Kier molecular flexibility index (Phi) is 3.66. The van der Waals surface area contributed by atoms with Gasteiger partial charge in [0, 0.05) is 38.1 Å². The molecular formula is C12H16N4O2. The molecule has 0 saturated carbocycles. The summed E-state index contributed by atoms with van der Waals surface area (Å²) in [6.07, 6.45) is 5.82. The number of nitrogens with zero attached hydrogens (tertiary/aromatic N) is 3. The van der Waals surface area contributed by atoms with Crippen LogP contribution in [0.1, 0.15) is 31.5 Å². The number of piperidine rings is 1. The second-order valence-corrected chi connectivity index (χ2v) is 4.40. The molecule has 0 aromatic carbocycles. The number of nitrogens with one attached hydrogen (secondary N) is 1. The first-order valence-electron chi connectivity index (χ1n) is 5.92. The van der Waals surface area contributed by atoms with Crippen LogP contribution in [0, 0.1) is 0 Å². The normalized spacial score (nSPS) is 22.1. The number of imide groups is 1. The Morgan fingerprint density at radius 3 is 2.89 bits per heavy atom. The van der Waals surface area contributed by atoms with Crippen LogP contribution in [0.2, 0.25) is 0 Å². The summed E-state index contributed by atoms with van der Waals surface area (Å²) in [5.41, 5.74) is 0.782. The van der Waals surface area contributed by atoms with Gasteiger partial charge in [0.2, 0.25) is 11.8 Å². The number of amides is 2. The van der Waals surface area contributed by atoms with Crippen molar-refractivity contribution in [2.24, 2.45) is 0 Å². The van der Waals surface area contributed by atoms with Crippen molar-refractivity contribution in [3.05, 3.63) is 24.3 Å². The van der Waals surface area contributed by atoms with Crippen LogP contribution in [0.15, 0.2) is 18.6 Å². The van der Waals surface area contributed by atoms with Crippen molar-refractivity contribution in [1.82, 2.24) is 20.2 Å². The van der Waals surface area contributed by atoms with Gasteiger partial charge in [0.15, 0.2) is 0 Å². The van der Waals surface area contributed by atoms with Gasteiger partial charge in [0.1, 0.15) is 0 Å². The van der Waals surface area contributed by atoms with E-state index >= 15 is 0 Å². The van der Waals surface area contributed by atoms with E-state index in [4.69, 9.17) is 0 Å². The van der Waals surface area contributed by atoms with E-state index in [-0.39, 0.29) is 23.9 Å². The Bertz CT molecular complexity index is 449. The highest BCUT2D eigenvalue weighted by Gasteiger charge is 2.32. The van der Waals surface area contributed by atoms with Gasteiger partial charge in [-0.1, -0.05) is 0 Å². The molecule has 1 aliphatic rings. The molecule has 1 aromatic heterocycles. The summed E-state index contributed by atoms with van der Waals surface area (Å²) in [4.78, 5) is 32.6. The largest absolute Gasteiger partial charge is 0.298 e. The number of aromatic nitrogens is 2. The molecule has 0 radical (unpaired) electrons. The van der Waals surface area contributed by atoms with Gasteiger partial charge in [-0.25, -0.2) is 0 Å². The van der Waals surface area contributed by atoms with Crippen LogP contribution in [0.5, 0.6) is 0 Å². The van der Waals surface area contributed by atoms with Gasteiger partial charge in [-0.3, -0.25) is 29.8 Å². The van der Waals surface area contributed by atoms with E-state index in [0.29, 0.717) is 12.8 Å². The third-order valence-corrected chi connectivity index (χ3v) is 3.13. The van der Waals surface area contributed by atoms with Crippen molar-refractivity contribution in [2.75, 3.05) is 7.05 Å². The van der Waals surface area contributed by atoms with E-state index < -0.39 is 0 Å². The van der Waals surface area contributed by atoms with Crippen molar-refractivity contribution in [1.29, 1.82) is 0 Å². The SMILES string of the molecule is CC(NC1CCC(=O)N(C)C1=O)c1cnccn1. The highest BCUT2D eigenvalue weighted by Crippen LogP contribution is 2.15. The maximum Gasteiger partial charge on any atom is 0.246 e. The van der Waals surface area contributed by atoms with Crippen LogP contribution in [-0.2, 0) is 9.59 Å². The number of rotatable bonds is 3. The minimum absolute atomic E-state index is 0.0748. The number of carbonyl (C=O) groups excluding carboxylic acids is 2. The van der Waals surface area contributed by atoms with Crippen LogP contribution >= 0.6 is 0 Å². The zero-order chi connectivity index (χ0) is 13.1. The molecule has 2 heterocycles. The van der Waals surface area contributed by atoms with E-state index in [1.54, 1.807) is 18.6 Å². The van der Waals surface area contributed by atoms with Gasteiger partial charge < -0.3 is 0 Å². The van der Waals surface area contributed by atoms with E-state index in [2.05, 4.69) is 15.3 Å². The molecule has 0 aliphatic carbocycles. The number of hydrogen-bond acceptors (Lipinski definition) is 5. The molecule has 2 amide bonds. The van der Waals surface area contributed by atoms with Crippen molar-refractivity contribution >= 4 is 11.8 Å². The standard InChI is InChI=1S/C12H16N4O2/c1-8(10-7-13-5-6-14-10)15-9-3-4-11(17)16(2)12(9)18/h5-9,15H,3-4H2,1-2H3. The highest BCUT2D eigenvalue weighted by atomic mass is 16.2. The molecule has 6 nitrogen and oxygen atoms in total. The van der Waals surface area contributed by atoms with Gasteiger partial charge >= 0.3 is 0 Å². The van der Waals surface area contributed by atoms with Gasteiger partial charge in [-0.15, -0.1) is 0 Å². The zero-order valence-corrected chi connectivity index (χ0v) is 10.5. The predicted molar refractivity (Wildman–Crippen MR) is 64.4 cm³/mol. The van der Waals surface area contributed by atoms with Crippen molar-refractivity contribution in [3.8, 4) is 0 Å². The molecule has 1 saturated heterocycles. The molecule has 2 unspecified atom stereocenters. The average molecular weight is 248 g/mol. The molecular weight excluding hydrogens is 232 g/mol. The van der Waals surface area contributed by atoms with Gasteiger partial charge in [-0.2, -0.15) is 0 Å². The lowest BCUT2D eigenvalue weighted by Crippen LogP contribution is -2.51. The minimum atomic E-state index is -0.329. The first-order valence-corrected chi connectivity index (χ1v) is 5.92. The lowest BCUT2D eigenvalue weighted by molar-refractivity contribution is -0.148. The fraction of sp³-hybridized carbons (Fsp3) is 0.500. The lowest BCUT2D eigenvalue weighted by Gasteiger charge is -2.30. The number of carbonyl (C=O) groups is 2. The van der Waals surface area contributed by atoms with E-state index in [9.17, 15) is 9.59 Å². The number of likely N-dealkylation sites (N-methyl/N-ethyl adjacent to an activating group) is 1. The molecule has 18 heavy (non-hydrogen) atoms. The summed E-state index contributed by atoms with van der Waals surface area (Å²) >= 11 is 0. The van der Waals surface area contributed by atoms with E-state index in [1.165, 1.54) is 11.9 Å². The molecule has 6 heteroatoms. The first-order chi connectivity index (χ1) is 8.59. The van der Waals surface area contributed by atoms with Crippen LogP contribution < -0.4 is 5.32 Å². The third kappa shape index (κ3) is 2.53. The Hall–Kier alpha value is -1.82. The maximum atomic E-state index is 11.9. The third-order valence-electron chi connectivity index (χ3n) is 3.13. The van der Waals surface area contributed by atoms with Crippen LogP contribution in [-0.4, -0.2) is 39.8 Å². The highest BCUT2D eigenvalue weighted by molar-refractivity contribution is 6.00. The van der Waals surface area contributed by atoms with Gasteiger partial charge in [-0.05, 0) is 13.3 Å². The maximum absolute atomic E-state index is 11.9. The smallest absolute Gasteiger partial charge is 0.246 e. The average Bonchev–Trinajstić information content (AvgIpc) is 2.40. The summed E-state index contributed by atoms with van der Waals surface area (Å²) in [7, 11) is 1.52. The van der Waals surface area contributed by atoms with Crippen LogP contribution in [0.4, 0.5) is 0 Å². The summed E-state index contributed by atoms with van der Waals surface area (Å²) in [6, 6.07) is -0.404. The van der Waals surface area contributed by atoms with Crippen molar-refractivity contribution in [3.63, 3.8) is 0 Å². The first kappa shape index (κ1) is 12.6. The van der Waals surface area contributed by atoms with E-state index in [0.717, 1.165) is 5.69 Å². The summed E-state index contributed by atoms with van der Waals surface area (Å²) in [5.74, 6) is -0.299. The fourth-order valence-electron chi connectivity index (χ4n) is 1.99. The fourth-order valence-corrected chi connectivity index (χ4v) is 1.99. The summed E-state index contributed by atoms with van der Waals surface area (Å²) < 4.78 is 0. The quantitative estimate of drug-likeness (QED) is 0.777. The van der Waals surface area contributed by atoms with Gasteiger partial charge in [0.05, 0.1) is 11.7 Å². The summed E-state index contributed by atoms with van der Waals surface area (Å²) in [5, 5.41) is 3.19. The monoisotopic (exact) mass is 248 g/mol. The molecule has 0 bridgehead atoms. The van der Waals surface area contributed by atoms with Crippen LogP contribution in [0.25, 0.3) is 0 Å². The Balaban J connectivity index is 2.02. The van der Waals surface area contributed by atoms with E-state index in [1.807, 2.05) is 6.92 Å². The molecule has 0 spiro atoms. The zero-order valence-electron chi connectivity index (χ0n) is 10.5. The molecule has 1 aliphatic heterocycles. The Morgan fingerprint density at radius 2 is 2.22 bits per heavy atom. The number of hydrogen-bond donors (Lipinski definition) is 1. The molecule has 1 N–H and O–H groups in total. The molecule has 2 rings (SSSR count). The van der Waals surface area contributed by atoms with Crippen molar-refractivity contribution in [2.45, 2.75) is 31.8 Å². The molecule has 96 valence electrons. The van der Waals surface area contributed by atoms with Crippen molar-refractivity contribution < 1.29 is 9.59 Å². The van der Waals surface area contributed by atoms with Gasteiger partial charge in [0.25, 0.3) is 0 Å². The Morgan fingerprint density at radius 1 is 1.44 bits per heavy atom. The second kappa shape index (κ2) is 5.22. The van der Waals surface area contributed by atoms with Crippen LogP contribution in [0.3, 0.4) is 0 Å². The Labute approximate surface area is 105 Å². The second-order valence-electron chi connectivity index (χ2n) is 4.40. The lowest BCUT2D eigenvalue weighted by atomic mass is 10.0. The summed E-state index contributed by atoms with van der Waals surface area (Å²) in [6.45, 7) is 1.92. The molecule has 1 aromatic rings. The minimum Gasteiger partial charge on any atom is -0.298 e. The number of likely N-dealkylation sites (tertiary alicyclic amines) is 1.